The van der Waals surface area contributed by atoms with Crippen molar-refractivity contribution in [3.8, 4) is 5.75 Å². The van der Waals surface area contributed by atoms with Gasteiger partial charge in [-0.2, -0.15) is 0 Å². The van der Waals surface area contributed by atoms with E-state index in [-0.39, 0.29) is 35.1 Å². The van der Waals surface area contributed by atoms with Crippen molar-refractivity contribution in [2.75, 3.05) is 25.3 Å². The minimum Gasteiger partial charge on any atom is -0.485 e. The van der Waals surface area contributed by atoms with Crippen molar-refractivity contribution in [1.29, 1.82) is 0 Å². The van der Waals surface area contributed by atoms with E-state index in [1.165, 1.54) is 44.2 Å². The van der Waals surface area contributed by atoms with Gasteiger partial charge in [-0.05, 0) is 43.7 Å². The molecule has 0 spiro atoms. The molecule has 0 unspecified atom stereocenters. The zero-order valence-corrected chi connectivity index (χ0v) is 21.9. The van der Waals surface area contributed by atoms with Crippen molar-refractivity contribution in [3.63, 3.8) is 0 Å². The number of carbonyl (C=O) groups is 3. The number of nitrogens with one attached hydrogen (secondary N) is 1. The molecule has 1 aromatic heterocycles. The molecule has 1 N–H and O–H groups in total. The molecular weight excluding hydrogens is 496 g/mol. The van der Waals surface area contributed by atoms with E-state index in [0.717, 1.165) is 16.9 Å². The van der Waals surface area contributed by atoms with Crippen LogP contribution in [0.1, 0.15) is 37.7 Å². The van der Waals surface area contributed by atoms with E-state index in [2.05, 4.69) is 22.1 Å². The summed E-state index contributed by atoms with van der Waals surface area (Å²) < 4.78 is 17.2. The van der Waals surface area contributed by atoms with Crippen LogP contribution in [0.3, 0.4) is 0 Å². The first-order chi connectivity index (χ1) is 17.7. The van der Waals surface area contributed by atoms with Crippen molar-refractivity contribution in [2.45, 2.75) is 32.2 Å². The molecule has 0 saturated heterocycles. The van der Waals surface area contributed by atoms with E-state index in [1.54, 1.807) is 6.08 Å². The SMILES string of the molecule is C=CCn1c(COc2ccc(C)cc2C)nnc1SCC(=O)Nc1cc(C(=O)OC)cc(C(=O)OC)c1. The van der Waals surface area contributed by atoms with Gasteiger partial charge in [0, 0.05) is 12.2 Å². The number of nitrogens with zero attached hydrogens (tertiary/aromatic N) is 3. The lowest BCUT2D eigenvalue weighted by Gasteiger charge is -2.11. The highest BCUT2D eigenvalue weighted by Gasteiger charge is 2.17. The first kappa shape index (κ1) is 27.5. The van der Waals surface area contributed by atoms with Crippen molar-refractivity contribution >= 4 is 35.3 Å². The molecule has 1 amide bonds. The molecule has 0 aliphatic heterocycles. The Balaban J connectivity index is 1.69. The Labute approximate surface area is 219 Å². The molecule has 2 aromatic carbocycles. The van der Waals surface area contributed by atoms with Gasteiger partial charge in [0.2, 0.25) is 5.91 Å². The molecule has 0 aliphatic carbocycles. The Morgan fingerprint density at radius 3 is 2.30 bits per heavy atom. The van der Waals surface area contributed by atoms with E-state index in [4.69, 9.17) is 14.2 Å². The predicted octanol–water partition coefficient (Wildman–Crippen LogP) is 3.96. The summed E-state index contributed by atoms with van der Waals surface area (Å²) in [7, 11) is 2.45. The van der Waals surface area contributed by atoms with Crippen LogP contribution in [0.25, 0.3) is 0 Å². The number of ether oxygens (including phenoxy) is 3. The number of anilines is 1. The molecule has 194 valence electrons. The largest absolute Gasteiger partial charge is 0.485 e. The van der Waals surface area contributed by atoms with Crippen LogP contribution < -0.4 is 10.1 Å². The molecule has 0 atom stereocenters. The molecular formula is C26H28N4O6S. The van der Waals surface area contributed by atoms with Gasteiger partial charge < -0.3 is 19.5 Å². The fourth-order valence-electron chi connectivity index (χ4n) is 3.45. The third kappa shape index (κ3) is 7.20. The molecule has 3 rings (SSSR count). The lowest BCUT2D eigenvalue weighted by Crippen LogP contribution is -2.16. The summed E-state index contributed by atoms with van der Waals surface area (Å²) in [4.78, 5) is 36.6. The van der Waals surface area contributed by atoms with Crippen LogP contribution in [-0.2, 0) is 27.4 Å². The zero-order chi connectivity index (χ0) is 26.9. The number of esters is 2. The molecule has 0 radical (unpaired) electrons. The van der Waals surface area contributed by atoms with Crippen LogP contribution in [0.5, 0.6) is 5.75 Å². The molecule has 37 heavy (non-hydrogen) atoms. The minimum atomic E-state index is -0.649. The van der Waals surface area contributed by atoms with Crippen LogP contribution in [0, 0.1) is 13.8 Å². The van der Waals surface area contributed by atoms with Crippen molar-refractivity contribution in [2.24, 2.45) is 0 Å². The van der Waals surface area contributed by atoms with E-state index in [1.807, 2.05) is 36.6 Å². The topological polar surface area (TPSA) is 122 Å². The number of hydrogen-bond donors (Lipinski definition) is 1. The van der Waals surface area contributed by atoms with Crippen LogP contribution in [0.15, 0.2) is 54.2 Å². The normalized spacial score (nSPS) is 10.5. The number of amides is 1. The summed E-state index contributed by atoms with van der Waals surface area (Å²) in [6.07, 6.45) is 1.71. The highest BCUT2D eigenvalue weighted by Crippen LogP contribution is 2.23. The Kier molecular flexibility index (Phi) is 9.45. The highest BCUT2D eigenvalue weighted by atomic mass is 32.2. The lowest BCUT2D eigenvalue weighted by atomic mass is 10.1. The second-order valence-electron chi connectivity index (χ2n) is 7.97. The van der Waals surface area contributed by atoms with Gasteiger partial charge in [0.1, 0.15) is 12.4 Å². The summed E-state index contributed by atoms with van der Waals surface area (Å²) in [5.41, 5.74) is 2.63. The quantitative estimate of drug-likeness (QED) is 0.226. The number of allylic oxidation sites excluding steroid dienone is 1. The number of benzene rings is 2. The average molecular weight is 525 g/mol. The molecule has 0 fully saturated rings. The summed E-state index contributed by atoms with van der Waals surface area (Å²) in [5.74, 6) is -0.316. The third-order valence-electron chi connectivity index (χ3n) is 5.18. The van der Waals surface area contributed by atoms with Gasteiger partial charge >= 0.3 is 11.9 Å². The maximum atomic E-state index is 12.7. The van der Waals surface area contributed by atoms with Gasteiger partial charge in [0.15, 0.2) is 11.0 Å². The van der Waals surface area contributed by atoms with Crippen LogP contribution in [0.4, 0.5) is 5.69 Å². The van der Waals surface area contributed by atoms with Crippen molar-refractivity contribution < 1.29 is 28.6 Å². The predicted molar refractivity (Wildman–Crippen MR) is 139 cm³/mol. The Morgan fingerprint density at radius 2 is 1.70 bits per heavy atom. The minimum absolute atomic E-state index is 0.00319. The van der Waals surface area contributed by atoms with Gasteiger partial charge in [-0.25, -0.2) is 9.59 Å². The van der Waals surface area contributed by atoms with E-state index in [0.29, 0.717) is 17.5 Å². The maximum absolute atomic E-state index is 12.7. The summed E-state index contributed by atoms with van der Waals surface area (Å²) in [6.45, 7) is 8.42. The number of carbonyl (C=O) groups excluding carboxylic acids is 3. The Morgan fingerprint density at radius 1 is 1.03 bits per heavy atom. The van der Waals surface area contributed by atoms with Gasteiger partial charge in [-0.15, -0.1) is 16.8 Å². The summed E-state index contributed by atoms with van der Waals surface area (Å²) in [6, 6.07) is 10.1. The second-order valence-corrected chi connectivity index (χ2v) is 8.92. The zero-order valence-electron chi connectivity index (χ0n) is 21.1. The molecule has 10 nitrogen and oxygen atoms in total. The van der Waals surface area contributed by atoms with Crippen molar-refractivity contribution in [3.05, 3.63) is 77.1 Å². The molecule has 0 aliphatic rings. The Bertz CT molecular complexity index is 1290. The molecule has 0 bridgehead atoms. The molecule has 0 saturated carbocycles. The highest BCUT2D eigenvalue weighted by molar-refractivity contribution is 7.99. The number of aromatic nitrogens is 3. The van der Waals surface area contributed by atoms with E-state index in [9.17, 15) is 14.4 Å². The van der Waals surface area contributed by atoms with Crippen molar-refractivity contribution in [1.82, 2.24) is 14.8 Å². The lowest BCUT2D eigenvalue weighted by molar-refractivity contribution is -0.113. The third-order valence-corrected chi connectivity index (χ3v) is 6.15. The fourth-order valence-corrected chi connectivity index (χ4v) is 4.21. The number of aryl methyl sites for hydroxylation is 2. The number of rotatable bonds is 11. The Hall–Kier alpha value is -4.12. The van der Waals surface area contributed by atoms with E-state index >= 15 is 0 Å². The first-order valence-corrected chi connectivity index (χ1v) is 12.2. The van der Waals surface area contributed by atoms with Crippen LogP contribution >= 0.6 is 11.8 Å². The van der Waals surface area contributed by atoms with Crippen LogP contribution in [0.2, 0.25) is 0 Å². The monoisotopic (exact) mass is 524 g/mol. The molecule has 3 aromatic rings. The molecule has 11 heteroatoms. The van der Waals surface area contributed by atoms with E-state index < -0.39 is 11.9 Å². The number of thioether (sulfide) groups is 1. The number of methoxy groups -OCH3 is 2. The maximum Gasteiger partial charge on any atom is 0.337 e. The van der Waals surface area contributed by atoms with Gasteiger partial charge in [-0.3, -0.25) is 9.36 Å². The second kappa shape index (κ2) is 12.7. The van der Waals surface area contributed by atoms with Crippen LogP contribution in [-0.4, -0.2) is 52.6 Å². The average Bonchev–Trinajstić information content (AvgIpc) is 3.27. The fraction of sp³-hybridized carbons (Fsp3) is 0.269. The molecule has 1 heterocycles. The smallest absolute Gasteiger partial charge is 0.337 e. The first-order valence-electron chi connectivity index (χ1n) is 11.2. The van der Waals surface area contributed by atoms with Gasteiger partial charge in [-0.1, -0.05) is 35.5 Å². The standard InChI is InChI=1S/C26H28N4O6S/c1-6-9-30-22(14-36-21-8-7-16(2)10-17(21)3)28-29-26(30)37-15-23(31)27-20-12-18(24(32)34-4)11-19(13-20)25(33)35-5/h6-8,10-13H,1,9,14-15H2,2-5H3,(H,27,31). The number of hydrogen-bond acceptors (Lipinski definition) is 9. The summed E-state index contributed by atoms with van der Waals surface area (Å²) >= 11 is 1.18. The summed E-state index contributed by atoms with van der Waals surface area (Å²) in [5, 5.41) is 11.6. The van der Waals surface area contributed by atoms with Gasteiger partial charge in [0.05, 0.1) is 31.1 Å². The van der Waals surface area contributed by atoms with Gasteiger partial charge in [0.25, 0.3) is 0 Å².